The number of carbonyl (C=O) groups is 1. The third kappa shape index (κ3) is 3.61. The van der Waals surface area contributed by atoms with Crippen LogP contribution in [0.5, 0.6) is 0 Å². The molecule has 1 saturated heterocycles. The van der Waals surface area contributed by atoms with Crippen molar-refractivity contribution in [1.82, 2.24) is 3.11 Å². The molecule has 0 amide bonds. The van der Waals surface area contributed by atoms with Crippen LogP contribution in [0.15, 0.2) is 11.6 Å². The molecule has 1 N–H and O–H groups in total. The summed E-state index contributed by atoms with van der Waals surface area (Å²) in [6, 6.07) is 0. The molecular weight excluding hydrogens is 285 g/mol. The summed E-state index contributed by atoms with van der Waals surface area (Å²) >= 11 is 2.22. The Morgan fingerprint density at radius 1 is 1.77 bits per heavy atom. The number of halogens is 1. The summed E-state index contributed by atoms with van der Waals surface area (Å²) in [7, 11) is 0. The molecule has 1 aliphatic heterocycles. The van der Waals surface area contributed by atoms with Gasteiger partial charge in [-0.05, 0) is 12.5 Å². The maximum Gasteiger partial charge on any atom is 0.328 e. The predicted molar refractivity (Wildman–Crippen MR) is 56.7 cm³/mol. The first kappa shape index (κ1) is 10.9. The average Bonchev–Trinajstić information content (AvgIpc) is 2.03. The molecule has 0 bridgehead atoms. The molecule has 1 heterocycles. The van der Waals surface area contributed by atoms with Gasteiger partial charge in [-0.3, -0.25) is 0 Å². The summed E-state index contributed by atoms with van der Waals surface area (Å²) < 4.78 is 7.54. The fourth-order valence-corrected chi connectivity index (χ4v) is 1.74. The molecule has 0 aliphatic carbocycles. The minimum atomic E-state index is -0.910. The van der Waals surface area contributed by atoms with Crippen molar-refractivity contribution < 1.29 is 14.6 Å². The van der Waals surface area contributed by atoms with Crippen molar-refractivity contribution in [2.75, 3.05) is 19.7 Å². The lowest BCUT2D eigenvalue weighted by molar-refractivity contribution is -0.131. The van der Waals surface area contributed by atoms with E-state index < -0.39 is 5.97 Å². The van der Waals surface area contributed by atoms with Gasteiger partial charge >= 0.3 is 5.97 Å². The van der Waals surface area contributed by atoms with Crippen LogP contribution in [0, 0.1) is 0 Å². The van der Waals surface area contributed by atoms with Gasteiger partial charge in [-0.15, -0.1) is 0 Å². The number of ether oxygens (including phenoxy) is 1. The van der Waals surface area contributed by atoms with Crippen molar-refractivity contribution in [2.45, 2.75) is 13.0 Å². The highest BCUT2D eigenvalue weighted by molar-refractivity contribution is 14.1. The standard InChI is InChI=1S/C8H12INO3/c1-6(4-8(11)12)7-5-10(9)2-3-13-7/h4,7H,2-3,5H2,1H3,(H,11,12)/b6-4+/t7-/m0/s1. The highest BCUT2D eigenvalue weighted by atomic mass is 127. The molecule has 4 nitrogen and oxygen atoms in total. The maximum atomic E-state index is 10.4. The fourth-order valence-electron chi connectivity index (χ4n) is 1.18. The third-order valence-corrected chi connectivity index (χ3v) is 2.75. The lowest BCUT2D eigenvalue weighted by Crippen LogP contribution is -2.37. The molecule has 1 rings (SSSR count). The molecule has 0 saturated carbocycles. The molecule has 0 spiro atoms. The summed E-state index contributed by atoms with van der Waals surface area (Å²) in [6.07, 6.45) is 1.14. The Bertz CT molecular complexity index is 229. The first-order chi connectivity index (χ1) is 6.09. The Hall–Kier alpha value is -0.140. The van der Waals surface area contributed by atoms with E-state index in [4.69, 9.17) is 9.84 Å². The average molecular weight is 297 g/mol. The monoisotopic (exact) mass is 297 g/mol. The zero-order chi connectivity index (χ0) is 9.84. The van der Waals surface area contributed by atoms with Crippen molar-refractivity contribution in [3.63, 3.8) is 0 Å². The van der Waals surface area contributed by atoms with Crippen LogP contribution in [0.2, 0.25) is 0 Å². The summed E-state index contributed by atoms with van der Waals surface area (Å²) in [4.78, 5) is 10.4. The van der Waals surface area contributed by atoms with Crippen molar-refractivity contribution in [1.29, 1.82) is 0 Å². The highest BCUT2D eigenvalue weighted by Gasteiger charge is 2.20. The summed E-state index contributed by atoms with van der Waals surface area (Å²) in [5.74, 6) is -0.910. The molecule has 1 aliphatic rings. The maximum absolute atomic E-state index is 10.4. The van der Waals surface area contributed by atoms with Gasteiger partial charge in [0.2, 0.25) is 0 Å². The van der Waals surface area contributed by atoms with E-state index in [1.54, 1.807) is 6.92 Å². The fraction of sp³-hybridized carbons (Fsp3) is 0.625. The van der Waals surface area contributed by atoms with E-state index in [2.05, 4.69) is 26.0 Å². The van der Waals surface area contributed by atoms with Crippen LogP contribution < -0.4 is 0 Å². The van der Waals surface area contributed by atoms with Crippen LogP contribution in [0.1, 0.15) is 6.92 Å². The quantitative estimate of drug-likeness (QED) is 0.470. The van der Waals surface area contributed by atoms with Gasteiger partial charge < -0.3 is 9.84 Å². The number of rotatable bonds is 2. The van der Waals surface area contributed by atoms with Crippen LogP contribution in [-0.2, 0) is 9.53 Å². The summed E-state index contributed by atoms with van der Waals surface area (Å²) in [5, 5.41) is 8.53. The summed E-state index contributed by atoms with van der Waals surface area (Å²) in [6.45, 7) is 4.11. The van der Waals surface area contributed by atoms with E-state index in [9.17, 15) is 4.79 Å². The zero-order valence-electron chi connectivity index (χ0n) is 7.36. The second-order valence-electron chi connectivity index (χ2n) is 2.95. The summed E-state index contributed by atoms with van der Waals surface area (Å²) in [5.41, 5.74) is 0.772. The van der Waals surface area contributed by atoms with Gasteiger partial charge in [-0.25, -0.2) is 7.91 Å². The van der Waals surface area contributed by atoms with Crippen LogP contribution in [-0.4, -0.2) is 40.0 Å². The lowest BCUT2D eigenvalue weighted by Gasteiger charge is -2.28. The molecule has 0 aromatic carbocycles. The second kappa shape index (κ2) is 4.92. The number of aliphatic carboxylic acids is 1. The second-order valence-corrected chi connectivity index (χ2v) is 4.32. The zero-order valence-corrected chi connectivity index (χ0v) is 9.52. The van der Waals surface area contributed by atoms with Gasteiger partial charge in [0.05, 0.1) is 12.7 Å². The predicted octanol–water partition coefficient (Wildman–Crippen LogP) is 1.07. The van der Waals surface area contributed by atoms with Crippen LogP contribution >= 0.6 is 22.9 Å². The highest BCUT2D eigenvalue weighted by Crippen LogP contribution is 2.15. The van der Waals surface area contributed by atoms with Gasteiger partial charge in [0.1, 0.15) is 0 Å². The molecule has 0 aromatic heterocycles. The minimum absolute atomic E-state index is 0.0678. The van der Waals surface area contributed by atoms with E-state index in [0.717, 1.165) is 18.7 Å². The Balaban J connectivity index is 2.55. The SMILES string of the molecule is C/C(=C\C(=O)O)[C@@H]1CN(I)CCO1. The van der Waals surface area contributed by atoms with Crippen molar-refractivity contribution in [2.24, 2.45) is 0 Å². The Morgan fingerprint density at radius 2 is 2.46 bits per heavy atom. The Morgan fingerprint density at radius 3 is 3.00 bits per heavy atom. The van der Waals surface area contributed by atoms with E-state index >= 15 is 0 Å². The number of morpholine rings is 1. The molecule has 74 valence electrons. The van der Waals surface area contributed by atoms with Gasteiger partial charge in [-0.2, -0.15) is 0 Å². The minimum Gasteiger partial charge on any atom is -0.478 e. The molecule has 1 fully saturated rings. The largest absolute Gasteiger partial charge is 0.478 e. The number of hydrogen-bond donors (Lipinski definition) is 1. The van der Waals surface area contributed by atoms with Gasteiger partial charge in [0.25, 0.3) is 0 Å². The molecule has 5 heteroatoms. The number of hydrogen-bond acceptors (Lipinski definition) is 3. The van der Waals surface area contributed by atoms with E-state index in [-0.39, 0.29) is 6.10 Å². The molecule has 0 aromatic rings. The number of carboxylic acid groups (broad SMARTS) is 1. The Labute approximate surface area is 91.0 Å². The third-order valence-electron chi connectivity index (χ3n) is 1.88. The molecule has 0 unspecified atom stereocenters. The van der Waals surface area contributed by atoms with Crippen molar-refractivity contribution >= 4 is 28.8 Å². The lowest BCUT2D eigenvalue weighted by atomic mass is 10.1. The Kier molecular flexibility index (Phi) is 4.14. The first-order valence-electron chi connectivity index (χ1n) is 4.03. The van der Waals surface area contributed by atoms with E-state index in [0.29, 0.717) is 6.61 Å². The van der Waals surface area contributed by atoms with Gasteiger partial charge in [-0.1, -0.05) is 0 Å². The van der Waals surface area contributed by atoms with Crippen LogP contribution in [0.4, 0.5) is 0 Å². The smallest absolute Gasteiger partial charge is 0.328 e. The molecule has 1 atom stereocenters. The first-order valence-corrected chi connectivity index (χ1v) is 4.99. The molecule has 13 heavy (non-hydrogen) atoms. The van der Waals surface area contributed by atoms with Crippen molar-refractivity contribution in [3.8, 4) is 0 Å². The van der Waals surface area contributed by atoms with E-state index in [1.165, 1.54) is 6.08 Å². The number of carboxylic acids is 1. The normalized spacial score (nSPS) is 26.0. The van der Waals surface area contributed by atoms with Gasteiger partial charge in [0, 0.05) is 42.0 Å². The van der Waals surface area contributed by atoms with Crippen molar-refractivity contribution in [3.05, 3.63) is 11.6 Å². The number of nitrogens with zero attached hydrogens (tertiary/aromatic N) is 1. The van der Waals surface area contributed by atoms with Gasteiger partial charge in [0.15, 0.2) is 0 Å². The molecular formula is C8H12INO3. The van der Waals surface area contributed by atoms with Crippen LogP contribution in [0.25, 0.3) is 0 Å². The topological polar surface area (TPSA) is 49.8 Å². The van der Waals surface area contributed by atoms with E-state index in [1.807, 2.05) is 0 Å². The van der Waals surface area contributed by atoms with Crippen LogP contribution in [0.3, 0.4) is 0 Å². The molecule has 0 radical (unpaired) electrons.